The monoisotopic (exact) mass is 315 g/mol. The first-order valence-corrected chi connectivity index (χ1v) is 6.21. The van der Waals surface area contributed by atoms with Crippen LogP contribution in [-0.2, 0) is 0 Å². The molecule has 0 aliphatic carbocycles. The number of hydrogen-bond acceptors (Lipinski definition) is 4. The summed E-state index contributed by atoms with van der Waals surface area (Å²) in [6, 6.07) is 3.48. The fraction of sp³-hybridized carbons (Fsp3) is 0. The molecule has 0 saturated carbocycles. The molecule has 0 unspecified atom stereocenters. The van der Waals surface area contributed by atoms with E-state index in [0.717, 1.165) is 10.2 Å². The predicted molar refractivity (Wildman–Crippen MR) is 78.6 cm³/mol. The van der Waals surface area contributed by atoms with Crippen molar-refractivity contribution in [2.45, 2.75) is 0 Å². The van der Waals surface area contributed by atoms with Gasteiger partial charge in [-0.2, -0.15) is 0 Å². The number of aromatic amines is 2. The Morgan fingerprint density at radius 1 is 1.32 bits per heavy atom. The Morgan fingerprint density at radius 3 is 2.79 bits per heavy atom. The maximum Gasteiger partial charge on any atom is 0.325 e. The van der Waals surface area contributed by atoms with Gasteiger partial charge in [0.1, 0.15) is 4.83 Å². The van der Waals surface area contributed by atoms with Crippen molar-refractivity contribution in [1.29, 1.82) is 0 Å². The molecule has 3 aromatic heterocycles. The van der Waals surface area contributed by atoms with E-state index in [0.29, 0.717) is 15.5 Å². The van der Waals surface area contributed by atoms with E-state index in [1.165, 1.54) is 17.5 Å². The molecule has 19 heavy (non-hydrogen) atoms. The molecular formula is C11H7Cl2N3O2S. The standard InChI is InChI=1S/C11H6ClN3O2S.ClH/c12-7-1-2-13-10-5(7)3-8(18-10)6-4-14-11(17)15-9(6)16;/h1-4H,(H2,14,15,16,17);1H. The minimum Gasteiger partial charge on any atom is -0.313 e. The summed E-state index contributed by atoms with van der Waals surface area (Å²) in [4.78, 5) is 32.9. The molecule has 0 bridgehead atoms. The van der Waals surface area contributed by atoms with Gasteiger partial charge in [0.15, 0.2) is 0 Å². The summed E-state index contributed by atoms with van der Waals surface area (Å²) in [6.45, 7) is 0. The number of fused-ring (bicyclic) bond motifs is 1. The predicted octanol–water partition coefficient (Wildman–Crippen LogP) is 2.42. The number of rotatable bonds is 1. The third-order valence-corrected chi connectivity index (χ3v) is 3.87. The van der Waals surface area contributed by atoms with Gasteiger partial charge in [-0.15, -0.1) is 23.7 Å². The van der Waals surface area contributed by atoms with Crippen LogP contribution in [-0.4, -0.2) is 15.0 Å². The quantitative estimate of drug-likeness (QED) is 0.723. The van der Waals surface area contributed by atoms with Crippen LogP contribution in [0.1, 0.15) is 0 Å². The summed E-state index contributed by atoms with van der Waals surface area (Å²) in [5.41, 5.74) is -0.559. The van der Waals surface area contributed by atoms with Crippen molar-refractivity contribution in [3.8, 4) is 10.4 Å². The van der Waals surface area contributed by atoms with Crippen molar-refractivity contribution in [1.82, 2.24) is 15.0 Å². The van der Waals surface area contributed by atoms with E-state index in [1.54, 1.807) is 18.3 Å². The molecule has 0 saturated heterocycles. The molecule has 0 atom stereocenters. The number of halogens is 2. The number of pyridine rings is 1. The Hall–Kier alpha value is -1.63. The van der Waals surface area contributed by atoms with Gasteiger partial charge >= 0.3 is 5.69 Å². The second-order valence-electron chi connectivity index (χ2n) is 3.61. The van der Waals surface area contributed by atoms with E-state index in [-0.39, 0.29) is 12.4 Å². The first-order chi connectivity index (χ1) is 8.65. The normalized spacial score (nSPS) is 10.4. The zero-order chi connectivity index (χ0) is 12.7. The minimum atomic E-state index is -0.527. The lowest BCUT2D eigenvalue weighted by Crippen LogP contribution is -2.22. The van der Waals surface area contributed by atoms with Gasteiger partial charge in [0, 0.05) is 22.7 Å². The van der Waals surface area contributed by atoms with E-state index >= 15 is 0 Å². The summed E-state index contributed by atoms with van der Waals surface area (Å²) in [5, 5.41) is 1.38. The lowest BCUT2D eigenvalue weighted by atomic mass is 10.2. The number of nitrogens with one attached hydrogen (secondary N) is 2. The second-order valence-corrected chi connectivity index (χ2v) is 5.05. The topological polar surface area (TPSA) is 78.6 Å². The average molecular weight is 316 g/mol. The SMILES string of the molecule is Cl.O=c1[nH]cc(-c2cc3c(Cl)ccnc3s2)c(=O)[nH]1. The first kappa shape index (κ1) is 13.8. The Morgan fingerprint density at radius 2 is 2.11 bits per heavy atom. The Balaban J connectivity index is 0.00000133. The third-order valence-electron chi connectivity index (χ3n) is 2.47. The summed E-state index contributed by atoms with van der Waals surface area (Å²) >= 11 is 7.39. The lowest BCUT2D eigenvalue weighted by Gasteiger charge is -1.92. The van der Waals surface area contributed by atoms with Crippen LogP contribution in [0.2, 0.25) is 5.02 Å². The lowest BCUT2D eigenvalue weighted by molar-refractivity contribution is 1.04. The van der Waals surface area contributed by atoms with Crippen molar-refractivity contribution in [2.24, 2.45) is 0 Å². The largest absolute Gasteiger partial charge is 0.325 e. The van der Waals surface area contributed by atoms with E-state index in [9.17, 15) is 9.59 Å². The molecular weight excluding hydrogens is 309 g/mol. The molecule has 98 valence electrons. The van der Waals surface area contributed by atoms with Gasteiger partial charge in [-0.05, 0) is 12.1 Å². The van der Waals surface area contributed by atoms with Crippen LogP contribution < -0.4 is 11.2 Å². The van der Waals surface area contributed by atoms with Crippen LogP contribution in [0.15, 0.2) is 34.1 Å². The smallest absolute Gasteiger partial charge is 0.313 e. The zero-order valence-electron chi connectivity index (χ0n) is 9.27. The van der Waals surface area contributed by atoms with Crippen molar-refractivity contribution < 1.29 is 0 Å². The molecule has 2 N–H and O–H groups in total. The first-order valence-electron chi connectivity index (χ1n) is 5.01. The molecule has 0 aliphatic rings. The number of hydrogen-bond donors (Lipinski definition) is 2. The maximum atomic E-state index is 11.7. The van der Waals surface area contributed by atoms with Crippen LogP contribution >= 0.6 is 35.3 Å². The summed E-state index contributed by atoms with van der Waals surface area (Å²) in [6.07, 6.45) is 3.00. The summed E-state index contributed by atoms with van der Waals surface area (Å²) in [7, 11) is 0. The Bertz CT molecular complexity index is 853. The highest BCUT2D eigenvalue weighted by Crippen LogP contribution is 2.33. The number of thiophene rings is 1. The van der Waals surface area contributed by atoms with Gasteiger partial charge < -0.3 is 4.98 Å². The van der Waals surface area contributed by atoms with Crippen molar-refractivity contribution in [2.75, 3.05) is 0 Å². The highest BCUT2D eigenvalue weighted by atomic mass is 35.5. The molecule has 5 nitrogen and oxygen atoms in total. The van der Waals surface area contributed by atoms with Crippen molar-refractivity contribution in [3.05, 3.63) is 50.4 Å². The molecule has 0 amide bonds. The second kappa shape index (κ2) is 5.16. The van der Waals surface area contributed by atoms with Crippen LogP contribution in [0.4, 0.5) is 0 Å². The number of nitrogens with zero attached hydrogens (tertiary/aromatic N) is 1. The number of H-pyrrole nitrogens is 2. The average Bonchev–Trinajstić information content (AvgIpc) is 2.74. The molecule has 3 heterocycles. The van der Waals surface area contributed by atoms with Gasteiger partial charge in [-0.3, -0.25) is 9.78 Å². The number of aromatic nitrogens is 3. The van der Waals surface area contributed by atoms with Gasteiger partial charge in [0.25, 0.3) is 5.56 Å². The van der Waals surface area contributed by atoms with Gasteiger partial charge in [0.05, 0.1) is 10.6 Å². The highest BCUT2D eigenvalue weighted by molar-refractivity contribution is 7.21. The van der Waals surface area contributed by atoms with Gasteiger partial charge in [-0.25, -0.2) is 9.78 Å². The van der Waals surface area contributed by atoms with Crippen molar-refractivity contribution in [3.63, 3.8) is 0 Å². The van der Waals surface area contributed by atoms with Crippen LogP contribution in [0.25, 0.3) is 20.7 Å². The molecule has 0 radical (unpaired) electrons. The van der Waals surface area contributed by atoms with Gasteiger partial charge in [0.2, 0.25) is 0 Å². The van der Waals surface area contributed by atoms with E-state index in [1.807, 2.05) is 0 Å². The molecule has 3 aromatic rings. The zero-order valence-corrected chi connectivity index (χ0v) is 11.7. The van der Waals surface area contributed by atoms with E-state index in [2.05, 4.69) is 15.0 Å². The van der Waals surface area contributed by atoms with E-state index in [4.69, 9.17) is 11.6 Å². The fourth-order valence-electron chi connectivity index (χ4n) is 1.63. The van der Waals surface area contributed by atoms with Crippen LogP contribution in [0.3, 0.4) is 0 Å². The molecule has 0 aromatic carbocycles. The Kier molecular flexibility index (Phi) is 3.75. The Labute approximate surface area is 121 Å². The highest BCUT2D eigenvalue weighted by Gasteiger charge is 2.10. The van der Waals surface area contributed by atoms with Crippen LogP contribution in [0, 0.1) is 0 Å². The molecule has 0 spiro atoms. The van der Waals surface area contributed by atoms with Crippen LogP contribution in [0.5, 0.6) is 0 Å². The minimum absolute atomic E-state index is 0. The van der Waals surface area contributed by atoms with Gasteiger partial charge in [-0.1, -0.05) is 11.6 Å². The molecule has 0 aliphatic heterocycles. The van der Waals surface area contributed by atoms with Crippen molar-refractivity contribution >= 4 is 45.6 Å². The fourth-order valence-corrected chi connectivity index (χ4v) is 2.93. The molecule has 3 rings (SSSR count). The van der Waals surface area contributed by atoms with E-state index < -0.39 is 11.2 Å². The summed E-state index contributed by atoms with van der Waals surface area (Å²) < 4.78 is 0. The maximum absolute atomic E-state index is 11.7. The molecule has 0 fully saturated rings. The third kappa shape index (κ3) is 2.42. The molecule has 8 heteroatoms. The summed E-state index contributed by atoms with van der Waals surface area (Å²) in [5.74, 6) is 0.